The van der Waals surface area contributed by atoms with E-state index in [0.717, 1.165) is 0 Å². The molecule has 1 aromatic carbocycles. The van der Waals surface area contributed by atoms with Crippen LogP contribution in [0.1, 0.15) is 24.4 Å². The standard InChI is InChI=1S/C13H15ClFN3O/c1-8(16)10-5-9(15)3-4-11(10)19-7-13-17-6-12(14)18(13)2/h3-6,8H,7,16H2,1-2H3/t8-/m0/s1. The highest BCUT2D eigenvalue weighted by Gasteiger charge is 2.11. The van der Waals surface area contributed by atoms with Crippen molar-refractivity contribution >= 4 is 11.6 Å². The smallest absolute Gasteiger partial charge is 0.147 e. The van der Waals surface area contributed by atoms with E-state index in [1.54, 1.807) is 30.8 Å². The summed E-state index contributed by atoms with van der Waals surface area (Å²) >= 11 is 5.89. The Morgan fingerprint density at radius 1 is 1.53 bits per heavy atom. The van der Waals surface area contributed by atoms with Crippen LogP contribution < -0.4 is 10.5 Å². The summed E-state index contributed by atoms with van der Waals surface area (Å²) in [5.74, 6) is 0.903. The van der Waals surface area contributed by atoms with Crippen molar-refractivity contribution in [2.45, 2.75) is 19.6 Å². The first-order valence-corrected chi connectivity index (χ1v) is 6.20. The molecule has 0 unspecified atom stereocenters. The summed E-state index contributed by atoms with van der Waals surface area (Å²) in [6, 6.07) is 3.98. The van der Waals surface area contributed by atoms with Gasteiger partial charge in [-0.05, 0) is 25.1 Å². The molecule has 0 spiro atoms. The second-order valence-electron chi connectivity index (χ2n) is 4.32. The molecule has 4 nitrogen and oxygen atoms in total. The fourth-order valence-corrected chi connectivity index (χ4v) is 1.85. The van der Waals surface area contributed by atoms with E-state index in [1.165, 1.54) is 12.1 Å². The van der Waals surface area contributed by atoms with E-state index < -0.39 is 0 Å². The Hall–Kier alpha value is -1.59. The van der Waals surface area contributed by atoms with Gasteiger partial charge in [-0.2, -0.15) is 0 Å². The lowest BCUT2D eigenvalue weighted by atomic mass is 10.1. The van der Waals surface area contributed by atoms with Gasteiger partial charge >= 0.3 is 0 Å². The lowest BCUT2D eigenvalue weighted by Crippen LogP contribution is -2.10. The number of nitrogens with zero attached hydrogens (tertiary/aromatic N) is 2. The molecule has 0 aliphatic heterocycles. The quantitative estimate of drug-likeness (QED) is 0.939. The maximum absolute atomic E-state index is 13.2. The number of hydrogen-bond donors (Lipinski definition) is 1. The molecule has 0 bridgehead atoms. The van der Waals surface area contributed by atoms with E-state index in [4.69, 9.17) is 22.1 Å². The normalized spacial score (nSPS) is 12.5. The Bertz CT molecular complexity index is 583. The maximum atomic E-state index is 13.2. The third-order valence-electron chi connectivity index (χ3n) is 2.85. The molecule has 2 rings (SSSR count). The van der Waals surface area contributed by atoms with E-state index >= 15 is 0 Å². The van der Waals surface area contributed by atoms with Gasteiger partial charge in [0.1, 0.15) is 29.2 Å². The van der Waals surface area contributed by atoms with Gasteiger partial charge in [0.25, 0.3) is 0 Å². The Balaban J connectivity index is 2.17. The van der Waals surface area contributed by atoms with Crippen molar-refractivity contribution in [3.8, 4) is 5.75 Å². The molecule has 2 N–H and O–H groups in total. The van der Waals surface area contributed by atoms with Crippen LogP contribution in [-0.4, -0.2) is 9.55 Å². The third-order valence-corrected chi connectivity index (χ3v) is 3.20. The average molecular weight is 284 g/mol. The minimum atomic E-state index is -0.334. The fraction of sp³-hybridized carbons (Fsp3) is 0.308. The average Bonchev–Trinajstić information content (AvgIpc) is 2.68. The number of nitrogens with two attached hydrogens (primary N) is 1. The van der Waals surface area contributed by atoms with Gasteiger partial charge in [0.2, 0.25) is 0 Å². The molecular formula is C13H15ClFN3O. The molecule has 19 heavy (non-hydrogen) atoms. The monoisotopic (exact) mass is 283 g/mol. The fourth-order valence-electron chi connectivity index (χ4n) is 1.71. The van der Waals surface area contributed by atoms with Gasteiger partial charge in [-0.3, -0.25) is 0 Å². The lowest BCUT2D eigenvalue weighted by molar-refractivity contribution is 0.287. The zero-order valence-corrected chi connectivity index (χ0v) is 11.5. The first-order valence-electron chi connectivity index (χ1n) is 5.83. The SMILES string of the molecule is C[C@H](N)c1cc(F)ccc1OCc1ncc(Cl)n1C. The van der Waals surface area contributed by atoms with Crippen molar-refractivity contribution in [2.24, 2.45) is 12.8 Å². The molecule has 0 radical (unpaired) electrons. The molecule has 1 aromatic heterocycles. The minimum Gasteiger partial charge on any atom is -0.485 e. The van der Waals surface area contributed by atoms with Crippen LogP contribution in [0.15, 0.2) is 24.4 Å². The zero-order chi connectivity index (χ0) is 14.0. The summed E-state index contributed by atoms with van der Waals surface area (Å²) in [6.45, 7) is 2.02. The molecule has 2 aromatic rings. The first kappa shape index (κ1) is 13.8. The highest BCUT2D eigenvalue weighted by molar-refractivity contribution is 6.29. The highest BCUT2D eigenvalue weighted by Crippen LogP contribution is 2.25. The van der Waals surface area contributed by atoms with Crippen LogP contribution in [-0.2, 0) is 13.7 Å². The maximum Gasteiger partial charge on any atom is 0.147 e. The molecule has 0 saturated carbocycles. The number of hydrogen-bond acceptors (Lipinski definition) is 3. The number of aromatic nitrogens is 2. The molecule has 0 aliphatic rings. The number of ether oxygens (including phenoxy) is 1. The Morgan fingerprint density at radius 3 is 2.84 bits per heavy atom. The van der Waals surface area contributed by atoms with Crippen LogP contribution in [0.3, 0.4) is 0 Å². The Labute approximate surface area is 116 Å². The summed E-state index contributed by atoms with van der Waals surface area (Å²) in [4.78, 5) is 4.12. The van der Waals surface area contributed by atoms with E-state index in [2.05, 4.69) is 4.98 Å². The number of rotatable bonds is 4. The second-order valence-corrected chi connectivity index (χ2v) is 4.70. The van der Waals surface area contributed by atoms with Gasteiger partial charge in [0, 0.05) is 18.7 Å². The summed E-state index contributed by atoms with van der Waals surface area (Å²) in [5, 5.41) is 0.533. The number of benzene rings is 1. The Morgan fingerprint density at radius 2 is 2.26 bits per heavy atom. The van der Waals surface area contributed by atoms with Gasteiger partial charge in [-0.1, -0.05) is 11.6 Å². The predicted molar refractivity (Wildman–Crippen MR) is 71.6 cm³/mol. The summed E-state index contributed by atoms with van der Waals surface area (Å²) in [6.07, 6.45) is 1.55. The third kappa shape index (κ3) is 3.05. The predicted octanol–water partition coefficient (Wildman–Crippen LogP) is 2.81. The van der Waals surface area contributed by atoms with Crippen molar-refractivity contribution in [1.82, 2.24) is 9.55 Å². The van der Waals surface area contributed by atoms with Crippen molar-refractivity contribution < 1.29 is 9.13 Å². The lowest BCUT2D eigenvalue weighted by Gasteiger charge is -2.14. The van der Waals surface area contributed by atoms with Gasteiger partial charge in [-0.15, -0.1) is 0 Å². The van der Waals surface area contributed by atoms with Crippen LogP contribution in [0.25, 0.3) is 0 Å². The van der Waals surface area contributed by atoms with Crippen LogP contribution in [0.4, 0.5) is 4.39 Å². The number of halogens is 2. The summed E-state index contributed by atoms with van der Waals surface area (Å²) in [7, 11) is 1.80. The highest BCUT2D eigenvalue weighted by atomic mass is 35.5. The zero-order valence-electron chi connectivity index (χ0n) is 10.7. The van der Waals surface area contributed by atoms with Gasteiger partial charge in [-0.25, -0.2) is 9.37 Å². The largest absolute Gasteiger partial charge is 0.485 e. The second kappa shape index (κ2) is 5.59. The van der Waals surface area contributed by atoms with Crippen LogP contribution in [0.5, 0.6) is 5.75 Å². The van der Waals surface area contributed by atoms with E-state index in [1.807, 2.05) is 0 Å². The molecular weight excluding hydrogens is 269 g/mol. The van der Waals surface area contributed by atoms with Crippen molar-refractivity contribution in [2.75, 3.05) is 0 Å². The molecule has 0 saturated heterocycles. The van der Waals surface area contributed by atoms with E-state index in [-0.39, 0.29) is 18.5 Å². The minimum absolute atomic E-state index is 0.245. The van der Waals surface area contributed by atoms with Crippen LogP contribution >= 0.6 is 11.6 Å². The summed E-state index contributed by atoms with van der Waals surface area (Å²) < 4.78 is 20.6. The van der Waals surface area contributed by atoms with Crippen LogP contribution in [0, 0.1) is 5.82 Å². The first-order chi connectivity index (χ1) is 8.99. The van der Waals surface area contributed by atoms with Crippen LogP contribution in [0.2, 0.25) is 5.15 Å². The van der Waals surface area contributed by atoms with Crippen molar-refractivity contribution in [3.63, 3.8) is 0 Å². The Kier molecular flexibility index (Phi) is 4.07. The van der Waals surface area contributed by atoms with E-state index in [0.29, 0.717) is 22.3 Å². The molecule has 1 atom stereocenters. The van der Waals surface area contributed by atoms with Crippen molar-refractivity contribution in [3.05, 3.63) is 46.8 Å². The van der Waals surface area contributed by atoms with Gasteiger partial charge in [0.15, 0.2) is 0 Å². The molecule has 102 valence electrons. The number of imidazole rings is 1. The van der Waals surface area contributed by atoms with Gasteiger partial charge < -0.3 is 15.0 Å². The molecule has 6 heteroatoms. The molecule has 0 aliphatic carbocycles. The van der Waals surface area contributed by atoms with Gasteiger partial charge in [0.05, 0.1) is 6.20 Å². The molecule has 0 fully saturated rings. The summed E-state index contributed by atoms with van der Waals surface area (Å²) in [5.41, 5.74) is 6.42. The van der Waals surface area contributed by atoms with Crippen molar-refractivity contribution in [1.29, 1.82) is 0 Å². The molecule has 0 amide bonds. The topological polar surface area (TPSA) is 53.1 Å². The molecule has 1 heterocycles. The van der Waals surface area contributed by atoms with E-state index in [9.17, 15) is 4.39 Å².